The number of ether oxygens (including phenoxy) is 1. The van der Waals surface area contributed by atoms with E-state index in [1.807, 2.05) is 13.8 Å². The van der Waals surface area contributed by atoms with Gasteiger partial charge in [0.25, 0.3) is 5.91 Å². The third-order valence-corrected chi connectivity index (χ3v) is 7.11. The maximum Gasteiger partial charge on any atom is 0.253 e. The van der Waals surface area contributed by atoms with Crippen molar-refractivity contribution in [3.05, 3.63) is 29.8 Å². The Morgan fingerprint density at radius 3 is 2.44 bits per heavy atom. The quantitative estimate of drug-likeness (QED) is 0.832. The molecule has 0 bridgehead atoms. The molecule has 0 aliphatic carbocycles. The number of hydrogen-bond donors (Lipinski definition) is 1. The van der Waals surface area contributed by atoms with Gasteiger partial charge in [0, 0.05) is 31.7 Å². The van der Waals surface area contributed by atoms with E-state index in [0.717, 1.165) is 25.9 Å². The summed E-state index contributed by atoms with van der Waals surface area (Å²) in [6, 6.07) is 6.56. The highest BCUT2D eigenvalue weighted by Gasteiger charge is 2.33. The minimum absolute atomic E-state index is 0.136. The van der Waals surface area contributed by atoms with E-state index >= 15 is 0 Å². The first-order valence-corrected chi connectivity index (χ1v) is 11.0. The van der Waals surface area contributed by atoms with E-state index < -0.39 is 10.0 Å². The van der Waals surface area contributed by atoms with Crippen LogP contribution >= 0.6 is 0 Å². The van der Waals surface area contributed by atoms with E-state index in [4.69, 9.17) is 4.74 Å². The Bertz CT molecular complexity index is 767. The molecule has 2 aliphatic heterocycles. The highest BCUT2D eigenvalue weighted by Crippen LogP contribution is 2.23. The van der Waals surface area contributed by atoms with E-state index in [1.54, 1.807) is 30.1 Å². The molecule has 1 N–H and O–H groups in total. The average Bonchev–Trinajstić information content (AvgIpc) is 2.67. The van der Waals surface area contributed by atoms with Crippen molar-refractivity contribution in [3.63, 3.8) is 0 Å². The summed E-state index contributed by atoms with van der Waals surface area (Å²) in [5.74, 6) is -0.136. The molecule has 0 spiro atoms. The highest BCUT2D eigenvalue weighted by molar-refractivity contribution is 7.89. The Balaban J connectivity index is 1.81. The summed E-state index contributed by atoms with van der Waals surface area (Å²) in [5, 5.41) is 3.29. The van der Waals surface area contributed by atoms with Gasteiger partial charge in [-0.2, -0.15) is 4.31 Å². The van der Waals surface area contributed by atoms with Crippen LogP contribution in [-0.4, -0.2) is 75.0 Å². The van der Waals surface area contributed by atoms with Gasteiger partial charge < -0.3 is 15.0 Å². The van der Waals surface area contributed by atoms with Gasteiger partial charge in [0.2, 0.25) is 10.0 Å². The van der Waals surface area contributed by atoms with Gasteiger partial charge >= 0.3 is 0 Å². The second-order valence-corrected chi connectivity index (χ2v) is 9.44. The van der Waals surface area contributed by atoms with Crippen molar-refractivity contribution in [1.29, 1.82) is 0 Å². The Morgan fingerprint density at radius 2 is 1.81 bits per heavy atom. The number of benzene rings is 1. The van der Waals surface area contributed by atoms with Gasteiger partial charge in [0.15, 0.2) is 0 Å². The molecule has 0 aromatic heterocycles. The van der Waals surface area contributed by atoms with Crippen molar-refractivity contribution < 1.29 is 17.9 Å². The summed E-state index contributed by atoms with van der Waals surface area (Å²) in [4.78, 5) is 14.8. The average molecular weight is 396 g/mol. The molecule has 27 heavy (non-hydrogen) atoms. The van der Waals surface area contributed by atoms with Crippen LogP contribution in [0.5, 0.6) is 0 Å². The summed E-state index contributed by atoms with van der Waals surface area (Å²) in [7, 11) is -1.87. The molecule has 8 heteroatoms. The van der Waals surface area contributed by atoms with E-state index in [9.17, 15) is 13.2 Å². The number of piperidine rings is 1. The van der Waals surface area contributed by atoms with Gasteiger partial charge in [-0.3, -0.25) is 4.79 Å². The van der Waals surface area contributed by atoms with Gasteiger partial charge in [-0.25, -0.2) is 8.42 Å². The molecule has 0 radical (unpaired) electrons. The second kappa shape index (κ2) is 8.26. The van der Waals surface area contributed by atoms with Crippen LogP contribution in [0.15, 0.2) is 29.2 Å². The number of morpholine rings is 1. The molecule has 1 aromatic carbocycles. The Morgan fingerprint density at radius 1 is 1.19 bits per heavy atom. The third-order valence-electron chi connectivity index (χ3n) is 5.28. The van der Waals surface area contributed by atoms with Crippen molar-refractivity contribution >= 4 is 15.9 Å². The van der Waals surface area contributed by atoms with Crippen molar-refractivity contribution in [3.8, 4) is 0 Å². The van der Waals surface area contributed by atoms with Gasteiger partial charge in [0.1, 0.15) is 0 Å². The number of amides is 1. The van der Waals surface area contributed by atoms with Gasteiger partial charge in [-0.1, -0.05) is 6.07 Å². The van der Waals surface area contributed by atoms with Gasteiger partial charge in [0.05, 0.1) is 17.1 Å². The van der Waals surface area contributed by atoms with Crippen LogP contribution in [0.4, 0.5) is 0 Å². The van der Waals surface area contributed by atoms with Crippen molar-refractivity contribution in [2.24, 2.45) is 0 Å². The zero-order chi connectivity index (χ0) is 19.6. The van der Waals surface area contributed by atoms with Crippen LogP contribution in [0, 0.1) is 0 Å². The molecule has 2 saturated heterocycles. The first-order valence-electron chi connectivity index (χ1n) is 9.52. The number of hydrogen-bond acceptors (Lipinski definition) is 5. The highest BCUT2D eigenvalue weighted by atomic mass is 32.2. The lowest BCUT2D eigenvalue weighted by Gasteiger charge is -2.34. The number of sulfonamides is 1. The summed E-state index contributed by atoms with van der Waals surface area (Å²) in [6.45, 7) is 6.16. The SMILES string of the molecule is CC1CN(S(=O)(=O)c2cccc(C(=O)N(C)C3CCNCC3)c2)CC(C)O1. The fourth-order valence-electron chi connectivity index (χ4n) is 3.83. The minimum atomic E-state index is -3.66. The van der Waals surface area contributed by atoms with E-state index in [2.05, 4.69) is 5.32 Å². The number of nitrogens with one attached hydrogen (secondary N) is 1. The summed E-state index contributed by atoms with van der Waals surface area (Å²) >= 11 is 0. The topological polar surface area (TPSA) is 79.0 Å². The third kappa shape index (κ3) is 4.51. The lowest BCUT2D eigenvalue weighted by molar-refractivity contribution is -0.0440. The van der Waals surface area contributed by atoms with Crippen LogP contribution in [0.25, 0.3) is 0 Å². The fourth-order valence-corrected chi connectivity index (χ4v) is 5.47. The second-order valence-electron chi connectivity index (χ2n) is 7.50. The molecule has 2 heterocycles. The van der Waals surface area contributed by atoms with Crippen molar-refractivity contribution in [1.82, 2.24) is 14.5 Å². The minimum Gasteiger partial charge on any atom is -0.373 e. The first-order chi connectivity index (χ1) is 12.8. The summed E-state index contributed by atoms with van der Waals surface area (Å²) in [6.07, 6.45) is 1.51. The molecule has 3 rings (SSSR count). The monoisotopic (exact) mass is 395 g/mol. The Kier molecular flexibility index (Phi) is 6.20. The first kappa shape index (κ1) is 20.3. The lowest BCUT2D eigenvalue weighted by atomic mass is 10.0. The van der Waals surface area contributed by atoms with E-state index in [0.29, 0.717) is 18.7 Å². The predicted molar refractivity (Wildman–Crippen MR) is 103 cm³/mol. The predicted octanol–water partition coefficient (Wildman–Crippen LogP) is 1.31. The molecule has 2 unspecified atom stereocenters. The summed E-state index contributed by atoms with van der Waals surface area (Å²) in [5.41, 5.74) is 0.409. The maximum absolute atomic E-state index is 13.1. The molecule has 1 amide bonds. The zero-order valence-electron chi connectivity index (χ0n) is 16.2. The lowest BCUT2D eigenvalue weighted by Crippen LogP contribution is -2.48. The van der Waals surface area contributed by atoms with Crippen LogP contribution in [0.3, 0.4) is 0 Å². The molecule has 7 nitrogen and oxygen atoms in total. The Hall–Kier alpha value is -1.48. The smallest absolute Gasteiger partial charge is 0.253 e. The maximum atomic E-state index is 13.1. The number of carbonyl (C=O) groups is 1. The van der Waals surface area contributed by atoms with Crippen LogP contribution in [-0.2, 0) is 14.8 Å². The zero-order valence-corrected chi connectivity index (χ0v) is 17.0. The number of carbonyl (C=O) groups excluding carboxylic acids is 1. The number of nitrogens with zero attached hydrogens (tertiary/aromatic N) is 2. The normalized spacial score (nSPS) is 25.3. The Labute approximate surface area is 161 Å². The fraction of sp³-hybridized carbons (Fsp3) is 0.632. The van der Waals surface area contributed by atoms with Crippen LogP contribution in [0.2, 0.25) is 0 Å². The molecular formula is C19H29N3O4S. The van der Waals surface area contributed by atoms with Crippen LogP contribution in [0.1, 0.15) is 37.0 Å². The molecular weight excluding hydrogens is 366 g/mol. The van der Waals surface area contributed by atoms with Crippen molar-refractivity contribution in [2.45, 2.75) is 49.8 Å². The van der Waals surface area contributed by atoms with Gasteiger partial charge in [-0.05, 0) is 58.0 Å². The molecule has 2 aliphatic rings. The molecule has 1 aromatic rings. The number of rotatable bonds is 4. The summed E-state index contributed by atoms with van der Waals surface area (Å²) < 4.78 is 33.2. The largest absolute Gasteiger partial charge is 0.373 e. The molecule has 150 valence electrons. The standard InChI is InChI=1S/C19H29N3O4S/c1-14-12-22(13-15(2)26-14)27(24,25)18-6-4-5-16(11-18)19(23)21(3)17-7-9-20-10-8-17/h4-6,11,14-15,17,20H,7-10,12-13H2,1-3H3. The molecule has 2 atom stereocenters. The van der Waals surface area contributed by atoms with E-state index in [-0.39, 0.29) is 29.1 Å². The van der Waals surface area contributed by atoms with E-state index in [1.165, 1.54) is 10.4 Å². The molecule has 2 fully saturated rings. The van der Waals surface area contributed by atoms with Crippen molar-refractivity contribution in [2.75, 3.05) is 33.2 Å². The molecule has 0 saturated carbocycles. The van der Waals surface area contributed by atoms with Gasteiger partial charge in [-0.15, -0.1) is 0 Å². The van der Waals surface area contributed by atoms with Crippen LogP contribution < -0.4 is 5.32 Å².